The minimum absolute atomic E-state index is 0.0348. The second-order valence-corrected chi connectivity index (χ2v) is 4.37. The van der Waals surface area contributed by atoms with E-state index < -0.39 is 6.10 Å². The van der Waals surface area contributed by atoms with Crippen molar-refractivity contribution in [1.82, 2.24) is 4.90 Å². The minimum atomic E-state index is -0.481. The number of amides is 1. The molecule has 0 bridgehead atoms. The van der Waals surface area contributed by atoms with Gasteiger partial charge in [-0.3, -0.25) is 4.79 Å². The fourth-order valence-electron chi connectivity index (χ4n) is 2.11. The van der Waals surface area contributed by atoms with Crippen molar-refractivity contribution in [1.29, 1.82) is 0 Å². The molecule has 1 fully saturated rings. The van der Waals surface area contributed by atoms with Crippen molar-refractivity contribution in [3.05, 3.63) is 0 Å². The molecule has 5 heteroatoms. The van der Waals surface area contributed by atoms with Gasteiger partial charge in [0.2, 0.25) is 5.91 Å². The highest BCUT2D eigenvalue weighted by Gasteiger charge is 2.33. The van der Waals surface area contributed by atoms with Crippen LogP contribution in [0.2, 0.25) is 0 Å². The van der Waals surface area contributed by atoms with Gasteiger partial charge in [0, 0.05) is 13.0 Å². The van der Waals surface area contributed by atoms with E-state index in [1.807, 2.05) is 0 Å². The third-order valence-electron chi connectivity index (χ3n) is 3.02. The molecule has 0 saturated carbocycles. The lowest BCUT2D eigenvalue weighted by Gasteiger charge is -2.22. The molecular formula is C11H22N2O3. The molecule has 2 atom stereocenters. The first kappa shape index (κ1) is 13.4. The summed E-state index contributed by atoms with van der Waals surface area (Å²) < 4.78 is 0. The number of hydrogen-bond acceptors (Lipinski definition) is 4. The molecule has 1 saturated heterocycles. The van der Waals surface area contributed by atoms with Crippen LogP contribution in [0.4, 0.5) is 0 Å². The van der Waals surface area contributed by atoms with Crippen molar-refractivity contribution in [2.45, 2.75) is 44.2 Å². The molecule has 1 rings (SSSR count). The smallest absolute Gasteiger partial charge is 0.222 e. The van der Waals surface area contributed by atoms with Crippen LogP contribution in [-0.4, -0.2) is 52.9 Å². The van der Waals surface area contributed by atoms with Crippen molar-refractivity contribution in [2.24, 2.45) is 5.73 Å². The van der Waals surface area contributed by atoms with Crippen molar-refractivity contribution >= 4 is 5.91 Å². The maximum absolute atomic E-state index is 11.8. The van der Waals surface area contributed by atoms with Crippen LogP contribution in [0.3, 0.4) is 0 Å². The zero-order chi connectivity index (χ0) is 12.0. The summed E-state index contributed by atoms with van der Waals surface area (Å²) in [6, 6.07) is -0.197. The highest BCUT2D eigenvalue weighted by atomic mass is 16.3. The Morgan fingerprint density at radius 3 is 2.75 bits per heavy atom. The Morgan fingerprint density at radius 2 is 2.12 bits per heavy atom. The molecule has 0 aromatic heterocycles. The van der Waals surface area contributed by atoms with Crippen LogP contribution in [0, 0.1) is 0 Å². The summed E-state index contributed by atoms with van der Waals surface area (Å²) in [4.78, 5) is 13.4. The SMILES string of the molecule is NCCCCCC(=O)N1C[C@H](O)C[C@H]1CO. The van der Waals surface area contributed by atoms with Crippen LogP contribution in [0.5, 0.6) is 0 Å². The van der Waals surface area contributed by atoms with E-state index in [9.17, 15) is 9.90 Å². The van der Waals surface area contributed by atoms with E-state index in [1.54, 1.807) is 4.90 Å². The predicted molar refractivity (Wildman–Crippen MR) is 60.7 cm³/mol. The number of carbonyl (C=O) groups excluding carboxylic acids is 1. The number of β-amino-alcohol motifs (C(OH)–C–C–N with tert-alkyl or cyclic N) is 1. The Labute approximate surface area is 96.2 Å². The number of hydrogen-bond donors (Lipinski definition) is 3. The van der Waals surface area contributed by atoms with Crippen LogP contribution in [0.15, 0.2) is 0 Å². The van der Waals surface area contributed by atoms with Gasteiger partial charge >= 0.3 is 0 Å². The lowest BCUT2D eigenvalue weighted by Crippen LogP contribution is -2.37. The van der Waals surface area contributed by atoms with Gasteiger partial charge in [0.15, 0.2) is 0 Å². The zero-order valence-corrected chi connectivity index (χ0v) is 9.64. The van der Waals surface area contributed by atoms with Gasteiger partial charge in [0.25, 0.3) is 0 Å². The molecule has 5 nitrogen and oxygen atoms in total. The Hall–Kier alpha value is -0.650. The molecule has 4 N–H and O–H groups in total. The summed E-state index contributed by atoms with van der Waals surface area (Å²) in [5.74, 6) is 0.0348. The summed E-state index contributed by atoms with van der Waals surface area (Å²) in [5.41, 5.74) is 5.37. The van der Waals surface area contributed by atoms with E-state index in [0.29, 0.717) is 25.9 Å². The van der Waals surface area contributed by atoms with Crippen molar-refractivity contribution in [3.63, 3.8) is 0 Å². The quantitative estimate of drug-likeness (QED) is 0.535. The van der Waals surface area contributed by atoms with Crippen LogP contribution < -0.4 is 5.73 Å². The van der Waals surface area contributed by atoms with E-state index in [0.717, 1.165) is 19.3 Å². The first-order chi connectivity index (χ1) is 7.69. The summed E-state index contributed by atoms with van der Waals surface area (Å²) in [6.45, 7) is 0.961. The fourth-order valence-corrected chi connectivity index (χ4v) is 2.11. The van der Waals surface area contributed by atoms with Crippen LogP contribution in [0.25, 0.3) is 0 Å². The highest BCUT2D eigenvalue weighted by molar-refractivity contribution is 5.76. The van der Waals surface area contributed by atoms with Gasteiger partial charge in [-0.2, -0.15) is 0 Å². The van der Waals surface area contributed by atoms with Crippen LogP contribution in [0.1, 0.15) is 32.1 Å². The number of unbranched alkanes of at least 4 members (excludes halogenated alkanes) is 2. The van der Waals surface area contributed by atoms with Gasteiger partial charge in [-0.25, -0.2) is 0 Å². The number of likely N-dealkylation sites (tertiary alicyclic amines) is 1. The van der Waals surface area contributed by atoms with Crippen LogP contribution in [-0.2, 0) is 4.79 Å². The van der Waals surface area contributed by atoms with E-state index in [4.69, 9.17) is 10.8 Å². The molecule has 0 spiro atoms. The monoisotopic (exact) mass is 230 g/mol. The maximum atomic E-state index is 11.8. The Balaban J connectivity index is 2.29. The largest absolute Gasteiger partial charge is 0.394 e. The topological polar surface area (TPSA) is 86.8 Å². The fraction of sp³-hybridized carbons (Fsp3) is 0.909. The van der Waals surface area contributed by atoms with Crippen molar-refractivity contribution in [3.8, 4) is 0 Å². The molecule has 0 aliphatic carbocycles. The highest BCUT2D eigenvalue weighted by Crippen LogP contribution is 2.19. The Bertz CT molecular complexity index is 223. The Kier molecular flexibility index (Phi) is 5.73. The predicted octanol–water partition coefficient (Wildman–Crippen LogP) is -0.540. The molecule has 1 aliphatic heterocycles. The lowest BCUT2D eigenvalue weighted by molar-refractivity contribution is -0.133. The average molecular weight is 230 g/mol. The first-order valence-corrected chi connectivity index (χ1v) is 5.97. The lowest BCUT2D eigenvalue weighted by atomic mass is 10.1. The standard InChI is InChI=1S/C11H22N2O3/c12-5-3-1-2-4-11(16)13-7-10(15)6-9(13)8-14/h9-10,14-15H,1-8,12H2/t9-,10+/m0/s1. The van der Waals surface area contributed by atoms with E-state index in [2.05, 4.69) is 0 Å². The molecule has 0 unspecified atom stereocenters. The van der Waals surface area contributed by atoms with Crippen LogP contribution >= 0.6 is 0 Å². The second-order valence-electron chi connectivity index (χ2n) is 4.37. The normalized spacial score (nSPS) is 25.1. The Morgan fingerprint density at radius 1 is 1.38 bits per heavy atom. The average Bonchev–Trinajstić information content (AvgIpc) is 2.65. The number of nitrogens with two attached hydrogens (primary N) is 1. The number of nitrogens with zero attached hydrogens (tertiary/aromatic N) is 1. The number of aliphatic hydroxyl groups excluding tert-OH is 2. The van der Waals surface area contributed by atoms with Crippen molar-refractivity contribution in [2.75, 3.05) is 19.7 Å². The minimum Gasteiger partial charge on any atom is -0.394 e. The molecule has 94 valence electrons. The van der Waals surface area contributed by atoms with Crippen molar-refractivity contribution < 1.29 is 15.0 Å². The first-order valence-electron chi connectivity index (χ1n) is 5.97. The van der Waals surface area contributed by atoms with Gasteiger partial charge in [-0.15, -0.1) is 0 Å². The summed E-state index contributed by atoms with van der Waals surface area (Å²) in [5, 5.41) is 18.5. The van der Waals surface area contributed by atoms with E-state index in [1.165, 1.54) is 0 Å². The molecule has 0 aromatic rings. The third-order valence-corrected chi connectivity index (χ3v) is 3.02. The van der Waals surface area contributed by atoms with Gasteiger partial charge in [-0.1, -0.05) is 6.42 Å². The second kappa shape index (κ2) is 6.83. The van der Waals surface area contributed by atoms with Gasteiger partial charge in [0.05, 0.1) is 18.8 Å². The van der Waals surface area contributed by atoms with E-state index in [-0.39, 0.29) is 18.6 Å². The molecule has 1 aliphatic rings. The summed E-state index contributed by atoms with van der Waals surface area (Å²) >= 11 is 0. The van der Waals surface area contributed by atoms with Gasteiger partial charge in [-0.05, 0) is 25.8 Å². The molecule has 0 aromatic carbocycles. The number of aliphatic hydroxyl groups is 2. The molecule has 0 radical (unpaired) electrons. The van der Waals surface area contributed by atoms with Gasteiger partial charge < -0.3 is 20.8 Å². The van der Waals surface area contributed by atoms with E-state index >= 15 is 0 Å². The summed E-state index contributed by atoms with van der Waals surface area (Å²) in [7, 11) is 0. The number of carbonyl (C=O) groups is 1. The molecular weight excluding hydrogens is 208 g/mol. The third kappa shape index (κ3) is 3.73. The summed E-state index contributed by atoms with van der Waals surface area (Å²) in [6.07, 6.45) is 3.24. The number of rotatable bonds is 6. The maximum Gasteiger partial charge on any atom is 0.222 e. The van der Waals surface area contributed by atoms with Gasteiger partial charge in [0.1, 0.15) is 0 Å². The zero-order valence-electron chi connectivity index (χ0n) is 9.64. The molecule has 1 heterocycles. The molecule has 16 heavy (non-hydrogen) atoms. The molecule has 1 amide bonds.